The molecule has 21 heavy (non-hydrogen) atoms. The normalized spacial score (nSPS) is 11.2. The van der Waals surface area contributed by atoms with Gasteiger partial charge in [0.2, 0.25) is 0 Å². The highest BCUT2D eigenvalue weighted by atomic mass is 16.5. The summed E-state index contributed by atoms with van der Waals surface area (Å²) in [6.45, 7) is 4.48. The van der Waals surface area contributed by atoms with Crippen molar-refractivity contribution in [2.24, 2.45) is 0 Å². The molecular formula is C18H22O3. The number of benzene rings is 2. The van der Waals surface area contributed by atoms with Crippen molar-refractivity contribution in [2.45, 2.75) is 25.9 Å². The van der Waals surface area contributed by atoms with Gasteiger partial charge in [0.25, 0.3) is 0 Å². The molecule has 112 valence electrons. The van der Waals surface area contributed by atoms with Crippen molar-refractivity contribution < 1.29 is 14.6 Å². The molecule has 0 aliphatic rings. The Morgan fingerprint density at radius 1 is 1.00 bits per heavy atom. The van der Waals surface area contributed by atoms with Crippen molar-refractivity contribution in [1.29, 1.82) is 0 Å². The van der Waals surface area contributed by atoms with Crippen LogP contribution in [0.2, 0.25) is 0 Å². The molecule has 2 aromatic carbocycles. The van der Waals surface area contributed by atoms with Gasteiger partial charge in [0, 0.05) is 11.0 Å². The average molecular weight is 286 g/mol. The molecule has 0 saturated carbocycles. The number of para-hydroxylation sites is 1. The van der Waals surface area contributed by atoms with Crippen molar-refractivity contribution in [2.75, 3.05) is 13.7 Å². The van der Waals surface area contributed by atoms with E-state index in [1.54, 1.807) is 7.11 Å². The van der Waals surface area contributed by atoms with Crippen LogP contribution in [0.25, 0.3) is 0 Å². The van der Waals surface area contributed by atoms with Crippen LogP contribution < -0.4 is 9.47 Å². The maximum absolute atomic E-state index is 9.62. The largest absolute Gasteiger partial charge is 0.493 e. The molecule has 3 heteroatoms. The first-order valence-electron chi connectivity index (χ1n) is 7.03. The third-order valence-corrected chi connectivity index (χ3v) is 3.55. The zero-order valence-corrected chi connectivity index (χ0v) is 12.8. The van der Waals surface area contributed by atoms with Gasteiger partial charge in [0.15, 0.2) is 11.5 Å². The van der Waals surface area contributed by atoms with E-state index in [4.69, 9.17) is 9.47 Å². The molecule has 0 atom stereocenters. The van der Waals surface area contributed by atoms with Gasteiger partial charge in [0.1, 0.15) is 6.61 Å². The first-order valence-corrected chi connectivity index (χ1v) is 7.03. The highest BCUT2D eigenvalue weighted by Gasteiger charge is 2.25. The first-order chi connectivity index (χ1) is 10.1. The molecular weight excluding hydrogens is 264 g/mol. The van der Waals surface area contributed by atoms with E-state index in [1.165, 1.54) is 0 Å². The van der Waals surface area contributed by atoms with Crippen LogP contribution in [-0.2, 0) is 12.0 Å². The Balaban J connectivity index is 2.32. The van der Waals surface area contributed by atoms with E-state index >= 15 is 0 Å². The highest BCUT2D eigenvalue weighted by Crippen LogP contribution is 2.38. The zero-order valence-electron chi connectivity index (χ0n) is 12.8. The minimum Gasteiger partial charge on any atom is -0.493 e. The van der Waals surface area contributed by atoms with Gasteiger partial charge in [-0.15, -0.1) is 0 Å². The van der Waals surface area contributed by atoms with Crippen molar-refractivity contribution in [3.05, 3.63) is 59.7 Å². The van der Waals surface area contributed by atoms with Crippen LogP contribution in [0.3, 0.4) is 0 Å². The van der Waals surface area contributed by atoms with Crippen molar-refractivity contribution in [1.82, 2.24) is 0 Å². The number of aliphatic hydroxyl groups is 1. The second kappa shape index (κ2) is 6.64. The average Bonchev–Trinajstić information content (AvgIpc) is 2.53. The number of methoxy groups -OCH3 is 1. The fourth-order valence-electron chi connectivity index (χ4n) is 2.17. The standard InChI is InChI=1S/C18H22O3/c1-18(2,13-19)15-10-7-11-16(20-3)17(15)21-12-14-8-5-4-6-9-14/h4-11,19H,12-13H2,1-3H3. The van der Waals surface area contributed by atoms with Crippen LogP contribution >= 0.6 is 0 Å². The van der Waals surface area contributed by atoms with Gasteiger partial charge in [-0.3, -0.25) is 0 Å². The maximum Gasteiger partial charge on any atom is 0.165 e. The molecule has 0 aromatic heterocycles. The Labute approximate surface area is 126 Å². The predicted molar refractivity (Wildman–Crippen MR) is 83.9 cm³/mol. The molecule has 0 fully saturated rings. The molecule has 0 saturated heterocycles. The van der Waals surface area contributed by atoms with Gasteiger partial charge in [0.05, 0.1) is 13.7 Å². The lowest BCUT2D eigenvalue weighted by molar-refractivity contribution is 0.208. The van der Waals surface area contributed by atoms with E-state index in [2.05, 4.69) is 0 Å². The monoisotopic (exact) mass is 286 g/mol. The number of rotatable bonds is 6. The molecule has 0 spiro atoms. The number of hydrogen-bond acceptors (Lipinski definition) is 3. The molecule has 0 aliphatic heterocycles. The van der Waals surface area contributed by atoms with Gasteiger partial charge in [-0.05, 0) is 11.6 Å². The minimum absolute atomic E-state index is 0.0435. The fourth-order valence-corrected chi connectivity index (χ4v) is 2.17. The van der Waals surface area contributed by atoms with Gasteiger partial charge >= 0.3 is 0 Å². The lowest BCUT2D eigenvalue weighted by Gasteiger charge is -2.26. The van der Waals surface area contributed by atoms with Crippen LogP contribution in [0.5, 0.6) is 11.5 Å². The fraction of sp³-hybridized carbons (Fsp3) is 0.333. The third kappa shape index (κ3) is 3.56. The van der Waals surface area contributed by atoms with Crippen molar-refractivity contribution in [3.8, 4) is 11.5 Å². The molecule has 2 aromatic rings. The Kier molecular flexibility index (Phi) is 4.86. The van der Waals surface area contributed by atoms with Crippen LogP contribution in [0, 0.1) is 0 Å². The summed E-state index contributed by atoms with van der Waals surface area (Å²) in [5, 5.41) is 9.62. The zero-order chi connectivity index (χ0) is 15.3. The van der Waals surface area contributed by atoms with Gasteiger partial charge in [-0.25, -0.2) is 0 Å². The van der Waals surface area contributed by atoms with Gasteiger partial charge < -0.3 is 14.6 Å². The first kappa shape index (κ1) is 15.4. The van der Waals surface area contributed by atoms with E-state index in [1.807, 2.05) is 62.4 Å². The number of aliphatic hydroxyl groups excluding tert-OH is 1. The quantitative estimate of drug-likeness (QED) is 0.882. The molecule has 0 bridgehead atoms. The highest BCUT2D eigenvalue weighted by molar-refractivity contribution is 5.50. The van der Waals surface area contributed by atoms with Crippen LogP contribution in [0.4, 0.5) is 0 Å². The summed E-state index contributed by atoms with van der Waals surface area (Å²) in [6, 6.07) is 15.8. The Hall–Kier alpha value is -2.00. The van der Waals surface area contributed by atoms with Crippen molar-refractivity contribution >= 4 is 0 Å². The molecule has 1 N–H and O–H groups in total. The van der Waals surface area contributed by atoms with Crippen LogP contribution in [-0.4, -0.2) is 18.8 Å². The molecule has 0 heterocycles. The van der Waals surface area contributed by atoms with E-state index < -0.39 is 0 Å². The lowest BCUT2D eigenvalue weighted by atomic mass is 9.85. The maximum atomic E-state index is 9.62. The summed E-state index contributed by atoms with van der Waals surface area (Å²) in [7, 11) is 1.63. The number of ether oxygens (including phenoxy) is 2. The molecule has 3 nitrogen and oxygen atoms in total. The van der Waals surface area contributed by atoms with Crippen molar-refractivity contribution in [3.63, 3.8) is 0 Å². The summed E-state index contributed by atoms with van der Waals surface area (Å²) in [5.41, 5.74) is 1.65. The van der Waals surface area contributed by atoms with Crippen LogP contribution in [0.1, 0.15) is 25.0 Å². The second-order valence-electron chi connectivity index (χ2n) is 5.65. The summed E-state index contributed by atoms with van der Waals surface area (Å²) in [4.78, 5) is 0. The minimum atomic E-state index is -0.388. The molecule has 0 unspecified atom stereocenters. The Morgan fingerprint density at radius 2 is 1.71 bits per heavy atom. The molecule has 0 aliphatic carbocycles. The third-order valence-electron chi connectivity index (χ3n) is 3.55. The molecule has 2 rings (SSSR count). The molecule has 0 radical (unpaired) electrons. The van der Waals surface area contributed by atoms with Crippen LogP contribution in [0.15, 0.2) is 48.5 Å². The summed E-state index contributed by atoms with van der Waals surface area (Å²) in [5.74, 6) is 1.38. The predicted octanol–water partition coefficient (Wildman–Crippen LogP) is 3.54. The molecule has 0 amide bonds. The summed E-state index contributed by atoms with van der Waals surface area (Å²) in [6.07, 6.45) is 0. The van der Waals surface area contributed by atoms with E-state index in [0.717, 1.165) is 11.1 Å². The van der Waals surface area contributed by atoms with E-state index in [-0.39, 0.29) is 12.0 Å². The van der Waals surface area contributed by atoms with E-state index in [0.29, 0.717) is 18.1 Å². The van der Waals surface area contributed by atoms with Gasteiger partial charge in [-0.1, -0.05) is 56.3 Å². The number of hydrogen-bond donors (Lipinski definition) is 1. The Morgan fingerprint density at radius 3 is 2.33 bits per heavy atom. The SMILES string of the molecule is COc1cccc(C(C)(C)CO)c1OCc1ccccc1. The topological polar surface area (TPSA) is 38.7 Å². The lowest BCUT2D eigenvalue weighted by Crippen LogP contribution is -2.23. The van der Waals surface area contributed by atoms with Gasteiger partial charge in [-0.2, -0.15) is 0 Å². The summed E-state index contributed by atoms with van der Waals surface area (Å²) >= 11 is 0. The Bertz CT molecular complexity index is 576. The smallest absolute Gasteiger partial charge is 0.165 e. The summed E-state index contributed by atoms with van der Waals surface area (Å²) < 4.78 is 11.4. The second-order valence-corrected chi connectivity index (χ2v) is 5.65. The van der Waals surface area contributed by atoms with E-state index in [9.17, 15) is 5.11 Å².